The summed E-state index contributed by atoms with van der Waals surface area (Å²) in [5.74, 6) is -0.845. The third kappa shape index (κ3) is 3.25. The Labute approximate surface area is 108 Å². The highest BCUT2D eigenvalue weighted by Gasteiger charge is 2.33. The minimum Gasteiger partial charge on any atom is -0.462 e. The third-order valence-corrected chi connectivity index (χ3v) is 2.55. The van der Waals surface area contributed by atoms with Gasteiger partial charge in [0.25, 0.3) is 0 Å². The summed E-state index contributed by atoms with van der Waals surface area (Å²) in [6.07, 6.45) is -4.34. The van der Waals surface area contributed by atoms with Gasteiger partial charge in [-0.1, -0.05) is 6.92 Å². The first-order chi connectivity index (χ1) is 8.85. The van der Waals surface area contributed by atoms with Crippen LogP contribution in [0.4, 0.5) is 13.2 Å². The lowest BCUT2D eigenvalue weighted by Crippen LogP contribution is -2.13. The van der Waals surface area contributed by atoms with Crippen LogP contribution in [0, 0.1) is 11.3 Å². The van der Waals surface area contributed by atoms with E-state index in [2.05, 4.69) is 0 Å². The number of benzene rings is 1. The van der Waals surface area contributed by atoms with Gasteiger partial charge >= 0.3 is 12.1 Å². The van der Waals surface area contributed by atoms with Crippen molar-refractivity contribution in [1.29, 1.82) is 5.26 Å². The first-order valence-electron chi connectivity index (χ1n) is 5.66. The Hall–Kier alpha value is -2.03. The lowest BCUT2D eigenvalue weighted by molar-refractivity contribution is -0.137. The van der Waals surface area contributed by atoms with Gasteiger partial charge in [-0.05, 0) is 31.0 Å². The highest BCUT2D eigenvalue weighted by molar-refractivity contribution is 5.92. The maximum Gasteiger partial charge on any atom is 0.416 e. The van der Waals surface area contributed by atoms with Crippen molar-refractivity contribution in [2.75, 3.05) is 6.61 Å². The van der Waals surface area contributed by atoms with Crippen molar-refractivity contribution in [1.82, 2.24) is 0 Å². The van der Waals surface area contributed by atoms with Gasteiger partial charge in [-0.25, -0.2) is 4.79 Å². The molecule has 0 heterocycles. The number of carbonyl (C=O) groups is 1. The maximum atomic E-state index is 12.7. The highest BCUT2D eigenvalue weighted by Crippen LogP contribution is 2.32. The third-order valence-electron chi connectivity index (χ3n) is 2.55. The van der Waals surface area contributed by atoms with Crippen molar-refractivity contribution in [2.24, 2.45) is 0 Å². The molecule has 1 rings (SSSR count). The monoisotopic (exact) mass is 271 g/mol. The van der Waals surface area contributed by atoms with Crippen LogP contribution in [0.3, 0.4) is 0 Å². The molecule has 0 aliphatic rings. The Morgan fingerprint density at radius 2 is 2.00 bits per heavy atom. The molecule has 0 unspecified atom stereocenters. The van der Waals surface area contributed by atoms with E-state index < -0.39 is 17.7 Å². The van der Waals surface area contributed by atoms with E-state index in [-0.39, 0.29) is 29.7 Å². The van der Waals surface area contributed by atoms with Crippen LogP contribution in [0.5, 0.6) is 0 Å². The molecule has 0 atom stereocenters. The summed E-state index contributed by atoms with van der Waals surface area (Å²) < 4.78 is 42.8. The predicted octanol–water partition coefficient (Wildman–Crippen LogP) is 3.32. The van der Waals surface area contributed by atoms with Crippen LogP contribution in [-0.4, -0.2) is 12.6 Å². The number of rotatable bonds is 3. The zero-order valence-electron chi connectivity index (χ0n) is 10.5. The van der Waals surface area contributed by atoms with Crippen molar-refractivity contribution < 1.29 is 22.7 Å². The van der Waals surface area contributed by atoms with E-state index in [1.165, 1.54) is 0 Å². The number of nitriles is 1. The lowest BCUT2D eigenvalue weighted by Gasteiger charge is -2.13. The zero-order valence-corrected chi connectivity index (χ0v) is 10.5. The van der Waals surface area contributed by atoms with E-state index in [4.69, 9.17) is 10.00 Å². The summed E-state index contributed by atoms with van der Waals surface area (Å²) in [7, 11) is 0. The van der Waals surface area contributed by atoms with Crippen molar-refractivity contribution in [3.63, 3.8) is 0 Å². The molecule has 0 N–H and O–H groups in total. The molecule has 1 aromatic rings. The van der Waals surface area contributed by atoms with Crippen LogP contribution >= 0.6 is 0 Å². The molecule has 0 bridgehead atoms. The molecule has 0 aromatic heterocycles. The van der Waals surface area contributed by atoms with Crippen molar-refractivity contribution in [3.05, 3.63) is 34.4 Å². The van der Waals surface area contributed by atoms with E-state index >= 15 is 0 Å². The number of nitrogens with zero attached hydrogens (tertiary/aromatic N) is 1. The average molecular weight is 271 g/mol. The van der Waals surface area contributed by atoms with Crippen LogP contribution in [-0.2, 0) is 17.3 Å². The fourth-order valence-corrected chi connectivity index (χ4v) is 1.71. The van der Waals surface area contributed by atoms with Gasteiger partial charge in [-0.3, -0.25) is 0 Å². The molecule has 1 aromatic carbocycles. The van der Waals surface area contributed by atoms with Gasteiger partial charge < -0.3 is 4.74 Å². The van der Waals surface area contributed by atoms with Crippen molar-refractivity contribution in [2.45, 2.75) is 26.4 Å². The summed E-state index contributed by atoms with van der Waals surface area (Å²) in [5, 5.41) is 8.91. The van der Waals surface area contributed by atoms with E-state index in [9.17, 15) is 18.0 Å². The lowest BCUT2D eigenvalue weighted by atomic mass is 9.96. The van der Waals surface area contributed by atoms with Gasteiger partial charge in [0, 0.05) is 0 Å². The Morgan fingerprint density at radius 1 is 1.37 bits per heavy atom. The molecule has 0 amide bonds. The molecule has 0 spiro atoms. The topological polar surface area (TPSA) is 50.1 Å². The Balaban J connectivity index is 3.50. The van der Waals surface area contributed by atoms with Crippen LogP contribution in [0.25, 0.3) is 0 Å². The molecule has 0 fully saturated rings. The fraction of sp³-hybridized carbons (Fsp3) is 0.385. The SMILES string of the molecule is CCOC(=O)c1cc(C(F)(F)F)cc(C#N)c1CC. The number of hydrogen-bond donors (Lipinski definition) is 0. The Morgan fingerprint density at radius 3 is 2.42 bits per heavy atom. The average Bonchev–Trinajstić information content (AvgIpc) is 2.36. The van der Waals surface area contributed by atoms with E-state index in [0.29, 0.717) is 0 Å². The van der Waals surface area contributed by atoms with Crippen molar-refractivity contribution >= 4 is 5.97 Å². The molecule has 0 saturated carbocycles. The molecule has 0 aliphatic heterocycles. The second-order valence-corrected chi connectivity index (χ2v) is 3.73. The standard InChI is InChI=1S/C13H12F3NO2/c1-3-10-8(7-17)5-9(13(14,15)16)6-11(10)12(18)19-4-2/h5-6H,3-4H2,1-2H3. The number of alkyl halides is 3. The molecule has 6 heteroatoms. The molecule has 102 valence electrons. The van der Waals surface area contributed by atoms with Crippen LogP contribution in [0.1, 0.15) is 40.9 Å². The summed E-state index contributed by atoms with van der Waals surface area (Å²) >= 11 is 0. The minimum atomic E-state index is -4.61. The highest BCUT2D eigenvalue weighted by atomic mass is 19.4. The first kappa shape index (κ1) is 15.0. The second-order valence-electron chi connectivity index (χ2n) is 3.73. The van der Waals surface area contributed by atoms with Crippen LogP contribution in [0.15, 0.2) is 12.1 Å². The van der Waals surface area contributed by atoms with Crippen LogP contribution in [0.2, 0.25) is 0 Å². The molecule has 19 heavy (non-hydrogen) atoms. The zero-order chi connectivity index (χ0) is 14.6. The summed E-state index contributed by atoms with van der Waals surface area (Å²) in [4.78, 5) is 11.7. The van der Waals surface area contributed by atoms with Gasteiger partial charge in [0.15, 0.2) is 0 Å². The fourth-order valence-electron chi connectivity index (χ4n) is 1.71. The van der Waals surface area contributed by atoms with Gasteiger partial charge in [0.2, 0.25) is 0 Å². The quantitative estimate of drug-likeness (QED) is 0.792. The molecule has 0 radical (unpaired) electrons. The van der Waals surface area contributed by atoms with E-state index in [1.807, 2.05) is 0 Å². The summed E-state index contributed by atoms with van der Waals surface area (Å²) in [6.45, 7) is 3.27. The smallest absolute Gasteiger partial charge is 0.416 e. The van der Waals surface area contributed by atoms with Gasteiger partial charge in [0.05, 0.1) is 29.4 Å². The number of ether oxygens (including phenoxy) is 1. The number of esters is 1. The molecule has 3 nitrogen and oxygen atoms in total. The normalized spacial score (nSPS) is 10.9. The number of hydrogen-bond acceptors (Lipinski definition) is 3. The van der Waals surface area contributed by atoms with Crippen LogP contribution < -0.4 is 0 Å². The predicted molar refractivity (Wildman–Crippen MR) is 61.5 cm³/mol. The summed E-state index contributed by atoms with van der Waals surface area (Å²) in [6, 6.07) is 3.17. The van der Waals surface area contributed by atoms with E-state index in [1.54, 1.807) is 19.9 Å². The maximum absolute atomic E-state index is 12.7. The van der Waals surface area contributed by atoms with Gasteiger partial charge in [-0.15, -0.1) is 0 Å². The van der Waals surface area contributed by atoms with Gasteiger partial charge in [-0.2, -0.15) is 18.4 Å². The van der Waals surface area contributed by atoms with Gasteiger partial charge in [0.1, 0.15) is 0 Å². The van der Waals surface area contributed by atoms with E-state index in [0.717, 1.165) is 12.1 Å². The molecule has 0 aliphatic carbocycles. The summed E-state index contributed by atoms with van der Waals surface area (Å²) in [5.41, 5.74) is -1.10. The molecular weight excluding hydrogens is 259 g/mol. The Bertz CT molecular complexity index is 530. The molecule has 0 saturated heterocycles. The number of carbonyl (C=O) groups excluding carboxylic acids is 1. The Kier molecular flexibility index (Phi) is 4.54. The second kappa shape index (κ2) is 5.74. The number of halogens is 3. The largest absolute Gasteiger partial charge is 0.462 e. The first-order valence-corrected chi connectivity index (χ1v) is 5.66. The molecular formula is C13H12F3NO2. The van der Waals surface area contributed by atoms with Crippen molar-refractivity contribution in [3.8, 4) is 6.07 Å². The minimum absolute atomic E-state index is 0.0557.